The van der Waals surface area contributed by atoms with Gasteiger partial charge in [0.1, 0.15) is 0 Å². The van der Waals surface area contributed by atoms with E-state index < -0.39 is 6.23 Å². The molecule has 0 saturated carbocycles. The van der Waals surface area contributed by atoms with Crippen LogP contribution in [0.2, 0.25) is 5.02 Å². The van der Waals surface area contributed by atoms with Crippen molar-refractivity contribution in [3.63, 3.8) is 0 Å². The van der Waals surface area contributed by atoms with Gasteiger partial charge in [0.15, 0.2) is 5.69 Å². The van der Waals surface area contributed by atoms with Crippen LogP contribution in [0.5, 0.6) is 5.88 Å². The highest BCUT2D eigenvalue weighted by Crippen LogP contribution is 2.43. The highest BCUT2D eigenvalue weighted by molar-refractivity contribution is 7.99. The number of para-hydroxylation sites is 1. The molecule has 1 amide bonds. The lowest BCUT2D eigenvalue weighted by Gasteiger charge is -2.29. The Hall–Kier alpha value is -2.64. The third-order valence-corrected chi connectivity index (χ3v) is 5.70. The van der Waals surface area contributed by atoms with Gasteiger partial charge in [-0.15, -0.1) is 10.2 Å². The van der Waals surface area contributed by atoms with E-state index in [1.165, 1.54) is 18.7 Å². The molecule has 0 aliphatic carbocycles. The van der Waals surface area contributed by atoms with Gasteiger partial charge in [0.2, 0.25) is 23.2 Å². The summed E-state index contributed by atoms with van der Waals surface area (Å²) in [5.41, 5.74) is 2.69. The van der Waals surface area contributed by atoms with Crippen LogP contribution in [0.4, 0.5) is 5.69 Å². The van der Waals surface area contributed by atoms with E-state index >= 15 is 0 Å². The Labute approximate surface area is 178 Å². The van der Waals surface area contributed by atoms with Gasteiger partial charge >= 0.3 is 0 Å². The number of anilines is 1. The second-order valence-corrected chi connectivity index (χ2v) is 8.03. The van der Waals surface area contributed by atoms with Crippen LogP contribution >= 0.6 is 23.4 Å². The van der Waals surface area contributed by atoms with Crippen LogP contribution < -0.4 is 9.64 Å². The largest absolute Gasteiger partial charge is 0.447 e. The Balaban J connectivity index is 1.91. The van der Waals surface area contributed by atoms with Crippen LogP contribution in [-0.4, -0.2) is 26.8 Å². The third-order valence-electron chi connectivity index (χ3n) is 4.42. The van der Waals surface area contributed by atoms with Crippen molar-refractivity contribution < 1.29 is 9.53 Å². The summed E-state index contributed by atoms with van der Waals surface area (Å²) < 4.78 is 6.29. The lowest BCUT2D eigenvalue weighted by atomic mass is 10.1. The number of carbonyl (C=O) groups excluding carboxylic acids is 1. The van der Waals surface area contributed by atoms with E-state index in [1.807, 2.05) is 36.4 Å². The van der Waals surface area contributed by atoms with Gasteiger partial charge in [-0.05, 0) is 24.6 Å². The van der Waals surface area contributed by atoms with E-state index in [2.05, 4.69) is 22.1 Å². The van der Waals surface area contributed by atoms with Crippen molar-refractivity contribution in [2.24, 2.45) is 0 Å². The fraction of sp³-hybridized carbons (Fsp3) is 0.238. The van der Waals surface area contributed by atoms with Gasteiger partial charge < -0.3 is 4.74 Å². The van der Waals surface area contributed by atoms with Crippen LogP contribution in [0.15, 0.2) is 53.7 Å². The Morgan fingerprint density at radius 1 is 1.21 bits per heavy atom. The van der Waals surface area contributed by atoms with Crippen LogP contribution in [0.1, 0.15) is 32.1 Å². The zero-order valence-corrected chi connectivity index (χ0v) is 17.6. The summed E-state index contributed by atoms with van der Waals surface area (Å²) in [6.07, 6.45) is 0.271. The van der Waals surface area contributed by atoms with Crippen LogP contribution in [-0.2, 0) is 4.79 Å². The van der Waals surface area contributed by atoms with Crippen LogP contribution in [0, 0.1) is 0 Å². The molecular weight excluding hydrogens is 408 g/mol. The predicted octanol–water partition coefficient (Wildman–Crippen LogP) is 5.14. The van der Waals surface area contributed by atoms with Gasteiger partial charge in [-0.3, -0.25) is 9.69 Å². The molecule has 0 spiro atoms. The molecule has 1 aromatic heterocycles. The average Bonchev–Trinajstić information content (AvgIpc) is 2.86. The molecule has 0 N–H and O–H groups in total. The molecule has 1 aliphatic rings. The first-order valence-electron chi connectivity index (χ1n) is 9.27. The number of ether oxygens (including phenoxy) is 1. The van der Waals surface area contributed by atoms with E-state index in [0.717, 1.165) is 23.3 Å². The summed E-state index contributed by atoms with van der Waals surface area (Å²) in [7, 11) is 0. The molecule has 1 aliphatic heterocycles. The molecular formula is C21H19ClN4O2S. The summed E-state index contributed by atoms with van der Waals surface area (Å²) in [6, 6.07) is 14.8. The molecule has 0 saturated heterocycles. The highest BCUT2D eigenvalue weighted by atomic mass is 35.5. The molecule has 2 aromatic carbocycles. The Morgan fingerprint density at radius 3 is 2.79 bits per heavy atom. The van der Waals surface area contributed by atoms with Gasteiger partial charge in [0, 0.05) is 28.8 Å². The average molecular weight is 427 g/mol. The van der Waals surface area contributed by atoms with Crippen molar-refractivity contribution in [2.45, 2.75) is 31.7 Å². The summed E-state index contributed by atoms with van der Waals surface area (Å²) in [4.78, 5) is 18.9. The monoisotopic (exact) mass is 426 g/mol. The van der Waals surface area contributed by atoms with Gasteiger partial charge in [0.05, 0.1) is 5.69 Å². The van der Waals surface area contributed by atoms with Crippen molar-refractivity contribution in [1.29, 1.82) is 0 Å². The van der Waals surface area contributed by atoms with E-state index in [1.54, 1.807) is 17.0 Å². The number of benzene rings is 2. The van der Waals surface area contributed by atoms with Crippen LogP contribution in [0.3, 0.4) is 0 Å². The molecule has 8 heteroatoms. The maximum atomic E-state index is 12.7. The maximum absolute atomic E-state index is 12.7. The molecule has 0 unspecified atom stereocenters. The lowest BCUT2D eigenvalue weighted by Crippen LogP contribution is -2.36. The minimum absolute atomic E-state index is 0.163. The number of carbonyl (C=O) groups is 1. The van der Waals surface area contributed by atoms with Crippen molar-refractivity contribution >= 4 is 35.0 Å². The van der Waals surface area contributed by atoms with Crippen LogP contribution in [0.25, 0.3) is 11.3 Å². The zero-order valence-electron chi connectivity index (χ0n) is 16.0. The number of nitrogens with zero attached hydrogens (tertiary/aromatic N) is 4. The SMILES string of the molecule is CCCSc1nnc2c(n1)O[C@@H](c1cccc(Cl)c1)N(C(C)=O)c1ccccc1-2. The number of thioether (sulfide) groups is 1. The Morgan fingerprint density at radius 2 is 2.03 bits per heavy atom. The number of rotatable bonds is 4. The maximum Gasteiger partial charge on any atom is 0.247 e. The molecule has 0 fully saturated rings. The number of hydrogen-bond acceptors (Lipinski definition) is 6. The Bertz CT molecular complexity index is 1060. The molecule has 0 radical (unpaired) electrons. The van der Waals surface area contributed by atoms with Gasteiger partial charge in [-0.1, -0.05) is 60.6 Å². The summed E-state index contributed by atoms with van der Waals surface area (Å²) in [6.45, 7) is 3.60. The van der Waals surface area contributed by atoms with Gasteiger partial charge in [0.25, 0.3) is 0 Å². The molecule has 2 heterocycles. The van der Waals surface area contributed by atoms with Gasteiger partial charge in [-0.25, -0.2) is 0 Å². The minimum Gasteiger partial charge on any atom is -0.447 e. The summed E-state index contributed by atoms with van der Waals surface area (Å²) in [5, 5.41) is 9.75. The first kappa shape index (κ1) is 19.7. The third kappa shape index (κ3) is 3.93. The molecule has 29 heavy (non-hydrogen) atoms. The van der Waals surface area contributed by atoms with E-state index in [9.17, 15) is 4.79 Å². The second-order valence-electron chi connectivity index (χ2n) is 6.53. The van der Waals surface area contributed by atoms with Crippen molar-refractivity contribution in [3.05, 3.63) is 59.1 Å². The number of halogens is 1. The number of hydrogen-bond donors (Lipinski definition) is 0. The molecule has 4 rings (SSSR count). The number of fused-ring (bicyclic) bond motifs is 3. The fourth-order valence-electron chi connectivity index (χ4n) is 3.18. The quantitative estimate of drug-likeness (QED) is 0.538. The molecule has 148 valence electrons. The lowest BCUT2D eigenvalue weighted by molar-refractivity contribution is -0.118. The van der Waals surface area contributed by atoms with Gasteiger partial charge in [-0.2, -0.15) is 4.98 Å². The van der Waals surface area contributed by atoms with Crippen molar-refractivity contribution in [2.75, 3.05) is 10.7 Å². The van der Waals surface area contributed by atoms with E-state index in [0.29, 0.717) is 27.4 Å². The topological polar surface area (TPSA) is 68.2 Å². The number of amides is 1. The molecule has 6 nitrogen and oxygen atoms in total. The van der Waals surface area contributed by atoms with E-state index in [4.69, 9.17) is 16.3 Å². The normalized spacial score (nSPS) is 15.1. The minimum atomic E-state index is -0.727. The smallest absolute Gasteiger partial charge is 0.247 e. The first-order valence-corrected chi connectivity index (χ1v) is 10.6. The fourth-order valence-corrected chi connectivity index (χ4v) is 4.02. The molecule has 3 aromatic rings. The first-order chi connectivity index (χ1) is 14.1. The van der Waals surface area contributed by atoms with Crippen molar-refractivity contribution in [3.8, 4) is 17.1 Å². The molecule has 1 atom stereocenters. The zero-order chi connectivity index (χ0) is 20.4. The second kappa shape index (κ2) is 8.39. The summed E-state index contributed by atoms with van der Waals surface area (Å²) in [5.74, 6) is 1.07. The number of aromatic nitrogens is 3. The van der Waals surface area contributed by atoms with Crippen molar-refractivity contribution in [1.82, 2.24) is 15.2 Å². The summed E-state index contributed by atoms with van der Waals surface area (Å²) >= 11 is 7.74. The highest BCUT2D eigenvalue weighted by Gasteiger charge is 2.34. The molecule has 0 bridgehead atoms. The predicted molar refractivity (Wildman–Crippen MR) is 114 cm³/mol. The van der Waals surface area contributed by atoms with E-state index in [-0.39, 0.29) is 5.91 Å². The standard InChI is InChI=1S/C21H19ClN4O2S/c1-3-11-29-21-23-19-18(24-25-21)16-9-4-5-10-17(16)26(13(2)27)20(28-19)14-7-6-8-15(22)12-14/h4-10,12,20H,3,11H2,1-2H3/t20-/m0/s1. The Kier molecular flexibility index (Phi) is 5.69.